The molecule has 1 aromatic heterocycles. The molecule has 2 fully saturated rings. The SMILES string of the molecule is Cc1cccc(CNC(=O)C2CCN(S(=O)(=O)c3ccc(C4CCNN4)o3)CC2)c1. The second kappa shape index (κ2) is 8.89. The van der Waals surface area contributed by atoms with Crippen LogP contribution in [-0.4, -0.2) is 38.3 Å². The maximum absolute atomic E-state index is 12.9. The number of hydrogen-bond acceptors (Lipinski definition) is 6. The van der Waals surface area contributed by atoms with E-state index in [1.165, 1.54) is 10.4 Å². The van der Waals surface area contributed by atoms with E-state index in [1.54, 1.807) is 6.07 Å². The third-order valence-electron chi connectivity index (χ3n) is 5.75. The largest absolute Gasteiger partial charge is 0.447 e. The monoisotopic (exact) mass is 432 g/mol. The Morgan fingerprint density at radius 3 is 2.70 bits per heavy atom. The standard InChI is InChI=1S/C21H28N4O4S/c1-15-3-2-4-16(13-15)14-22-21(26)17-8-11-25(12-9-17)30(27,28)20-6-5-19(29-20)18-7-10-23-24-18/h2-6,13,17-18,23-24H,7-12,14H2,1H3,(H,22,26). The summed E-state index contributed by atoms with van der Waals surface area (Å²) in [5, 5.41) is 2.94. The number of nitrogens with one attached hydrogen (secondary N) is 3. The van der Waals surface area contributed by atoms with E-state index in [2.05, 4.69) is 16.2 Å². The Kier molecular flexibility index (Phi) is 6.24. The van der Waals surface area contributed by atoms with Gasteiger partial charge in [0.25, 0.3) is 10.0 Å². The van der Waals surface area contributed by atoms with Gasteiger partial charge >= 0.3 is 0 Å². The van der Waals surface area contributed by atoms with E-state index in [-0.39, 0.29) is 23.0 Å². The molecule has 3 heterocycles. The fourth-order valence-electron chi connectivity index (χ4n) is 4.00. The molecule has 0 radical (unpaired) electrons. The Morgan fingerprint density at radius 2 is 2.00 bits per heavy atom. The zero-order valence-electron chi connectivity index (χ0n) is 17.1. The lowest BCUT2D eigenvalue weighted by atomic mass is 9.97. The van der Waals surface area contributed by atoms with Gasteiger partial charge in [-0.2, -0.15) is 4.31 Å². The molecule has 1 aromatic carbocycles. The van der Waals surface area contributed by atoms with Crippen molar-refractivity contribution in [1.82, 2.24) is 20.5 Å². The molecule has 2 aliphatic rings. The Hall–Kier alpha value is -2.20. The van der Waals surface area contributed by atoms with Crippen molar-refractivity contribution in [2.24, 2.45) is 5.92 Å². The fourth-order valence-corrected chi connectivity index (χ4v) is 5.39. The molecule has 9 heteroatoms. The van der Waals surface area contributed by atoms with E-state index in [9.17, 15) is 13.2 Å². The number of furan rings is 1. The van der Waals surface area contributed by atoms with Crippen LogP contribution in [0.15, 0.2) is 45.9 Å². The number of rotatable bonds is 6. The quantitative estimate of drug-likeness (QED) is 0.644. The summed E-state index contributed by atoms with van der Waals surface area (Å²) in [5.41, 5.74) is 8.29. The predicted octanol–water partition coefficient (Wildman–Crippen LogP) is 1.84. The topological polar surface area (TPSA) is 104 Å². The summed E-state index contributed by atoms with van der Waals surface area (Å²) in [6.07, 6.45) is 1.84. The van der Waals surface area contributed by atoms with Crippen molar-refractivity contribution >= 4 is 15.9 Å². The van der Waals surface area contributed by atoms with Gasteiger partial charge in [0.1, 0.15) is 5.76 Å². The third-order valence-corrected chi connectivity index (χ3v) is 7.52. The first-order valence-corrected chi connectivity index (χ1v) is 11.8. The highest BCUT2D eigenvalue weighted by atomic mass is 32.2. The first kappa shape index (κ1) is 21.0. The van der Waals surface area contributed by atoms with Crippen molar-refractivity contribution in [3.8, 4) is 0 Å². The minimum Gasteiger partial charge on any atom is -0.447 e. The normalized spacial score (nSPS) is 21.0. The van der Waals surface area contributed by atoms with Crippen molar-refractivity contribution in [2.45, 2.75) is 43.9 Å². The lowest BCUT2D eigenvalue weighted by molar-refractivity contribution is -0.126. The Balaban J connectivity index is 1.31. The molecule has 8 nitrogen and oxygen atoms in total. The van der Waals surface area contributed by atoms with E-state index < -0.39 is 10.0 Å². The van der Waals surface area contributed by atoms with Crippen molar-refractivity contribution in [3.05, 3.63) is 53.3 Å². The number of hydrazine groups is 1. The summed E-state index contributed by atoms with van der Waals surface area (Å²) < 4.78 is 32.9. The zero-order chi connectivity index (χ0) is 21.1. The minimum atomic E-state index is -3.69. The van der Waals surface area contributed by atoms with E-state index in [0.717, 1.165) is 24.1 Å². The molecular weight excluding hydrogens is 404 g/mol. The highest BCUT2D eigenvalue weighted by Gasteiger charge is 2.34. The number of aryl methyl sites for hydroxylation is 1. The summed E-state index contributed by atoms with van der Waals surface area (Å²) in [7, 11) is -3.69. The number of carbonyl (C=O) groups is 1. The van der Waals surface area contributed by atoms with Gasteiger partial charge in [-0.15, -0.1) is 0 Å². The Labute approximate surface area is 177 Å². The fraction of sp³-hybridized carbons (Fsp3) is 0.476. The molecule has 0 bridgehead atoms. The van der Waals surface area contributed by atoms with Crippen molar-refractivity contribution < 1.29 is 17.6 Å². The number of benzene rings is 1. The van der Waals surface area contributed by atoms with Gasteiger partial charge in [-0.05, 0) is 43.9 Å². The second-order valence-corrected chi connectivity index (χ2v) is 9.82. The smallest absolute Gasteiger partial charge is 0.276 e. The third kappa shape index (κ3) is 4.59. The molecule has 1 unspecified atom stereocenters. The molecule has 4 rings (SSSR count). The molecule has 30 heavy (non-hydrogen) atoms. The van der Waals surface area contributed by atoms with Crippen molar-refractivity contribution in [2.75, 3.05) is 19.6 Å². The predicted molar refractivity (Wildman–Crippen MR) is 112 cm³/mol. The zero-order valence-corrected chi connectivity index (χ0v) is 17.9. The van der Waals surface area contributed by atoms with Crippen molar-refractivity contribution in [3.63, 3.8) is 0 Å². The molecule has 3 N–H and O–H groups in total. The van der Waals surface area contributed by atoms with E-state index in [4.69, 9.17) is 4.42 Å². The van der Waals surface area contributed by atoms with Crippen LogP contribution >= 0.6 is 0 Å². The number of hydrogen-bond donors (Lipinski definition) is 3. The van der Waals surface area contributed by atoms with Gasteiger partial charge in [0.15, 0.2) is 0 Å². The van der Waals surface area contributed by atoms with Crippen LogP contribution in [0.25, 0.3) is 0 Å². The number of sulfonamides is 1. The van der Waals surface area contributed by atoms with Gasteiger partial charge in [0, 0.05) is 32.1 Å². The van der Waals surface area contributed by atoms with Crippen LogP contribution in [0.1, 0.15) is 42.2 Å². The van der Waals surface area contributed by atoms with Gasteiger partial charge in [-0.1, -0.05) is 29.8 Å². The molecular formula is C21H28N4O4S. The van der Waals surface area contributed by atoms with Crippen LogP contribution < -0.4 is 16.2 Å². The molecule has 2 aromatic rings. The van der Waals surface area contributed by atoms with Crippen molar-refractivity contribution in [1.29, 1.82) is 0 Å². The average molecular weight is 433 g/mol. The maximum Gasteiger partial charge on any atom is 0.276 e. The minimum absolute atomic E-state index is 0.0169. The van der Waals surface area contributed by atoms with E-state index in [0.29, 0.717) is 38.2 Å². The summed E-state index contributed by atoms with van der Waals surface area (Å²) in [6, 6.07) is 11.2. The van der Waals surface area contributed by atoms with Gasteiger partial charge < -0.3 is 9.73 Å². The second-order valence-electron chi connectivity index (χ2n) is 7.95. The first-order valence-electron chi connectivity index (χ1n) is 10.3. The average Bonchev–Trinajstić information content (AvgIpc) is 3.44. The van der Waals surface area contributed by atoms with E-state index in [1.807, 2.05) is 31.2 Å². The van der Waals surface area contributed by atoms with Crippen LogP contribution in [0.2, 0.25) is 0 Å². The summed E-state index contributed by atoms with van der Waals surface area (Å²) >= 11 is 0. The van der Waals surface area contributed by atoms with Gasteiger partial charge in [-0.3, -0.25) is 10.2 Å². The van der Waals surface area contributed by atoms with Crippen LogP contribution in [-0.2, 0) is 21.4 Å². The highest BCUT2D eigenvalue weighted by molar-refractivity contribution is 7.89. The molecule has 0 aliphatic carbocycles. The summed E-state index contributed by atoms with van der Waals surface area (Å²) in [5.74, 6) is 0.416. The Morgan fingerprint density at radius 1 is 1.20 bits per heavy atom. The molecule has 0 spiro atoms. The molecule has 1 amide bonds. The van der Waals surface area contributed by atoms with Gasteiger partial charge in [0.2, 0.25) is 11.0 Å². The van der Waals surface area contributed by atoms with Crippen LogP contribution in [0.5, 0.6) is 0 Å². The first-order chi connectivity index (χ1) is 14.4. The maximum atomic E-state index is 12.9. The number of piperidine rings is 1. The number of nitrogens with zero attached hydrogens (tertiary/aromatic N) is 1. The molecule has 2 saturated heterocycles. The van der Waals surface area contributed by atoms with Gasteiger partial charge in [-0.25, -0.2) is 13.8 Å². The highest BCUT2D eigenvalue weighted by Crippen LogP contribution is 2.28. The number of carbonyl (C=O) groups excluding carboxylic acids is 1. The van der Waals surface area contributed by atoms with Gasteiger partial charge in [0.05, 0.1) is 6.04 Å². The summed E-state index contributed by atoms with van der Waals surface area (Å²) in [6.45, 7) is 3.93. The lowest BCUT2D eigenvalue weighted by Crippen LogP contribution is -2.42. The molecule has 2 aliphatic heterocycles. The Bertz CT molecular complexity index is 990. The molecule has 1 atom stereocenters. The van der Waals surface area contributed by atoms with Crippen LogP contribution in [0.4, 0.5) is 0 Å². The van der Waals surface area contributed by atoms with Crippen LogP contribution in [0.3, 0.4) is 0 Å². The van der Waals surface area contributed by atoms with Crippen LogP contribution in [0, 0.1) is 12.8 Å². The summed E-state index contributed by atoms with van der Waals surface area (Å²) in [4.78, 5) is 12.5. The number of amides is 1. The van der Waals surface area contributed by atoms with E-state index >= 15 is 0 Å². The lowest BCUT2D eigenvalue weighted by Gasteiger charge is -2.29. The molecule has 0 saturated carbocycles. The molecule has 162 valence electrons.